The van der Waals surface area contributed by atoms with Crippen LogP contribution in [-0.4, -0.2) is 13.7 Å². The van der Waals surface area contributed by atoms with Crippen molar-refractivity contribution in [2.45, 2.75) is 0 Å². The van der Waals surface area contributed by atoms with Gasteiger partial charge in [0.15, 0.2) is 0 Å². The van der Waals surface area contributed by atoms with Crippen LogP contribution in [0.2, 0.25) is 0 Å². The molecule has 0 aliphatic rings. The number of hydrogen-bond donors (Lipinski definition) is 1. The van der Waals surface area contributed by atoms with Gasteiger partial charge in [0.05, 0.1) is 25.8 Å². The first-order chi connectivity index (χ1) is 3.85. The zero-order chi connectivity index (χ0) is 6.41. The molecule has 8 heavy (non-hydrogen) atoms. The monoisotopic (exact) mass is 112 g/mol. The molecule has 0 spiro atoms. The molecule has 3 nitrogen and oxygen atoms in total. The highest BCUT2D eigenvalue weighted by Crippen LogP contribution is 1.87. The third-order valence-corrected chi connectivity index (χ3v) is 0.689. The fraction of sp³-hybridized carbons (Fsp3) is 0.400. The van der Waals surface area contributed by atoms with Gasteiger partial charge in [-0.3, -0.25) is 0 Å². The number of allylic oxidation sites excluding steroid dienone is 1. The fourth-order valence-electron chi connectivity index (χ4n) is 0.273. The molecule has 0 rings (SSSR count). The van der Waals surface area contributed by atoms with Crippen LogP contribution in [0.5, 0.6) is 0 Å². The normalized spacial score (nSPS) is 10.4. The molecule has 0 aliphatic heterocycles. The van der Waals surface area contributed by atoms with Crippen LogP contribution in [0.4, 0.5) is 0 Å². The summed E-state index contributed by atoms with van der Waals surface area (Å²) in [7, 11) is 1.48. The molecular weight excluding hydrogens is 104 g/mol. The molecular formula is C5H8N2O. The van der Waals surface area contributed by atoms with Crippen molar-refractivity contribution >= 4 is 0 Å². The lowest BCUT2D eigenvalue weighted by atomic mass is 10.5. The van der Waals surface area contributed by atoms with Gasteiger partial charge in [-0.2, -0.15) is 5.26 Å². The summed E-state index contributed by atoms with van der Waals surface area (Å²) in [5.41, 5.74) is 5.12. The predicted octanol–water partition coefficient (Wildman–Crippen LogP) is -0.00102. The molecule has 0 saturated heterocycles. The summed E-state index contributed by atoms with van der Waals surface area (Å²) in [4.78, 5) is 0. The zero-order valence-electron chi connectivity index (χ0n) is 4.72. The summed E-state index contributed by atoms with van der Waals surface area (Å²) < 4.78 is 4.65. The molecule has 0 radical (unpaired) electrons. The number of nitrogens with two attached hydrogens (primary N) is 1. The number of nitrogens with zero attached hydrogens (tertiary/aromatic N) is 1. The Hall–Kier alpha value is -1.01. The van der Waals surface area contributed by atoms with E-state index in [1.807, 2.05) is 0 Å². The van der Waals surface area contributed by atoms with E-state index in [-0.39, 0.29) is 6.54 Å². The second-order valence-corrected chi connectivity index (χ2v) is 1.15. The van der Waals surface area contributed by atoms with E-state index in [1.54, 1.807) is 6.07 Å². The van der Waals surface area contributed by atoms with Crippen molar-refractivity contribution in [3.05, 3.63) is 11.8 Å². The van der Waals surface area contributed by atoms with Crippen LogP contribution in [0.15, 0.2) is 11.8 Å². The highest BCUT2D eigenvalue weighted by molar-refractivity contribution is 5.08. The molecule has 0 aromatic carbocycles. The van der Waals surface area contributed by atoms with Gasteiger partial charge in [0.2, 0.25) is 0 Å². The van der Waals surface area contributed by atoms with Crippen LogP contribution >= 0.6 is 0 Å². The van der Waals surface area contributed by atoms with Gasteiger partial charge in [0.1, 0.15) is 5.76 Å². The summed E-state index contributed by atoms with van der Waals surface area (Å²) in [5, 5.41) is 8.04. The minimum Gasteiger partial charge on any atom is -0.499 e. The Balaban J connectivity index is 3.72. The molecule has 3 heteroatoms. The average Bonchev–Trinajstić information content (AvgIpc) is 1.83. The molecule has 0 heterocycles. The third kappa shape index (κ3) is 2.21. The van der Waals surface area contributed by atoms with E-state index in [4.69, 9.17) is 11.0 Å². The zero-order valence-corrected chi connectivity index (χ0v) is 4.72. The number of methoxy groups -OCH3 is 1. The summed E-state index contributed by atoms with van der Waals surface area (Å²) in [6.45, 7) is 0.282. The van der Waals surface area contributed by atoms with E-state index in [2.05, 4.69) is 4.74 Å². The summed E-state index contributed by atoms with van der Waals surface area (Å²) >= 11 is 0. The Kier molecular flexibility index (Phi) is 3.63. The van der Waals surface area contributed by atoms with Crippen LogP contribution in [0.3, 0.4) is 0 Å². The Morgan fingerprint density at radius 1 is 2.00 bits per heavy atom. The Morgan fingerprint density at radius 2 is 2.62 bits per heavy atom. The summed E-state index contributed by atoms with van der Waals surface area (Å²) in [6, 6.07) is 1.80. The Morgan fingerprint density at radius 3 is 2.75 bits per heavy atom. The highest BCUT2D eigenvalue weighted by Gasteiger charge is 1.86. The van der Waals surface area contributed by atoms with Gasteiger partial charge in [0.25, 0.3) is 0 Å². The second kappa shape index (κ2) is 4.16. The van der Waals surface area contributed by atoms with Crippen LogP contribution in [0.25, 0.3) is 0 Å². The van der Waals surface area contributed by atoms with Crippen LogP contribution < -0.4 is 5.73 Å². The molecule has 0 atom stereocenters. The van der Waals surface area contributed by atoms with Crippen molar-refractivity contribution < 1.29 is 4.74 Å². The molecule has 0 unspecified atom stereocenters. The van der Waals surface area contributed by atoms with E-state index in [9.17, 15) is 0 Å². The first kappa shape index (κ1) is 6.99. The average molecular weight is 112 g/mol. The molecule has 44 valence electrons. The minimum atomic E-state index is 0.282. The third-order valence-electron chi connectivity index (χ3n) is 0.689. The molecule has 0 aromatic rings. The maximum atomic E-state index is 8.04. The fourth-order valence-corrected chi connectivity index (χ4v) is 0.273. The maximum absolute atomic E-state index is 8.04. The van der Waals surface area contributed by atoms with Gasteiger partial charge in [0, 0.05) is 0 Å². The van der Waals surface area contributed by atoms with Gasteiger partial charge in [-0.1, -0.05) is 0 Å². The number of hydrogen-bond acceptors (Lipinski definition) is 3. The van der Waals surface area contributed by atoms with Crippen LogP contribution in [0.1, 0.15) is 0 Å². The van der Waals surface area contributed by atoms with Crippen molar-refractivity contribution in [3.63, 3.8) is 0 Å². The van der Waals surface area contributed by atoms with Crippen molar-refractivity contribution in [1.29, 1.82) is 5.26 Å². The smallest absolute Gasteiger partial charge is 0.119 e. The molecule has 0 aliphatic carbocycles. The summed E-state index contributed by atoms with van der Waals surface area (Å²) in [6.07, 6.45) is 1.28. The Labute approximate surface area is 48.4 Å². The lowest BCUT2D eigenvalue weighted by Crippen LogP contribution is -2.03. The first-order valence-electron chi connectivity index (χ1n) is 2.18. The van der Waals surface area contributed by atoms with Crippen molar-refractivity contribution in [3.8, 4) is 6.07 Å². The maximum Gasteiger partial charge on any atom is 0.119 e. The summed E-state index contributed by atoms with van der Waals surface area (Å²) in [5.74, 6) is 0.507. The van der Waals surface area contributed by atoms with Gasteiger partial charge in [-0.25, -0.2) is 0 Å². The van der Waals surface area contributed by atoms with Gasteiger partial charge >= 0.3 is 0 Å². The number of rotatable bonds is 2. The van der Waals surface area contributed by atoms with Crippen molar-refractivity contribution in [1.82, 2.24) is 0 Å². The second-order valence-electron chi connectivity index (χ2n) is 1.15. The highest BCUT2D eigenvalue weighted by atomic mass is 16.5. The molecule has 0 amide bonds. The van der Waals surface area contributed by atoms with Crippen molar-refractivity contribution in [2.75, 3.05) is 13.7 Å². The quantitative estimate of drug-likeness (QED) is 0.404. The first-order valence-corrected chi connectivity index (χ1v) is 2.18. The van der Waals surface area contributed by atoms with Gasteiger partial charge in [-0.15, -0.1) is 0 Å². The molecule has 0 fully saturated rings. The molecule has 0 saturated carbocycles. The SMILES string of the molecule is CO/C(=C/C#N)CN. The van der Waals surface area contributed by atoms with E-state index in [1.165, 1.54) is 13.2 Å². The number of nitriles is 1. The van der Waals surface area contributed by atoms with Gasteiger partial charge in [-0.05, 0) is 0 Å². The standard InChI is InChI=1S/C5H8N2O/c1-8-5(4-7)2-3-6/h2H,4,7H2,1H3/b5-2+. The minimum absolute atomic E-state index is 0.282. The lowest BCUT2D eigenvalue weighted by molar-refractivity contribution is 0.287. The van der Waals surface area contributed by atoms with E-state index in [0.717, 1.165) is 0 Å². The topological polar surface area (TPSA) is 59.0 Å². The van der Waals surface area contributed by atoms with Gasteiger partial charge < -0.3 is 10.5 Å². The number of ether oxygens (including phenoxy) is 1. The molecule has 0 aromatic heterocycles. The van der Waals surface area contributed by atoms with E-state index in [0.29, 0.717) is 5.76 Å². The predicted molar refractivity (Wildman–Crippen MR) is 29.8 cm³/mol. The Bertz CT molecular complexity index is 117. The molecule has 0 bridgehead atoms. The van der Waals surface area contributed by atoms with Crippen LogP contribution in [0, 0.1) is 11.3 Å². The van der Waals surface area contributed by atoms with Crippen molar-refractivity contribution in [2.24, 2.45) is 5.73 Å². The van der Waals surface area contributed by atoms with E-state index < -0.39 is 0 Å². The van der Waals surface area contributed by atoms with E-state index >= 15 is 0 Å². The van der Waals surface area contributed by atoms with Crippen LogP contribution in [-0.2, 0) is 4.74 Å². The lowest BCUT2D eigenvalue weighted by Gasteiger charge is -1.96. The molecule has 2 N–H and O–H groups in total. The largest absolute Gasteiger partial charge is 0.499 e.